The smallest absolute Gasteiger partial charge is 0.243 e. The van der Waals surface area contributed by atoms with Gasteiger partial charge in [-0.05, 0) is 36.1 Å². The number of morpholine rings is 2. The number of H-pyrrole nitrogens is 2. The van der Waals surface area contributed by atoms with Crippen molar-refractivity contribution in [3.8, 4) is 0 Å². The number of aromatic nitrogens is 2. The average Bonchev–Trinajstić information content (AvgIpc) is 3.57. The summed E-state index contributed by atoms with van der Waals surface area (Å²) in [5, 5.41) is 18.8. The molecule has 2 aromatic heterocycles. The van der Waals surface area contributed by atoms with Gasteiger partial charge in [-0.3, -0.25) is 10.0 Å². The molecule has 4 heterocycles. The summed E-state index contributed by atoms with van der Waals surface area (Å²) < 4.78 is 11.7. The number of rotatable bonds is 12. The number of fused-ring (bicyclic) bond motifs is 2. The molecule has 4 aromatic rings. The van der Waals surface area contributed by atoms with Crippen LogP contribution in [0.5, 0.6) is 0 Å². The fourth-order valence-electron chi connectivity index (χ4n) is 6.85. The van der Waals surface area contributed by atoms with Crippen molar-refractivity contribution in [3.05, 3.63) is 71.0 Å². The van der Waals surface area contributed by atoms with Gasteiger partial charge < -0.3 is 30.1 Å². The number of unbranched alkanes of at least 4 members (excludes halogenated alkanes) is 2. The van der Waals surface area contributed by atoms with Crippen LogP contribution in [0.4, 0.5) is 0 Å². The van der Waals surface area contributed by atoms with E-state index >= 15 is 0 Å². The summed E-state index contributed by atoms with van der Waals surface area (Å²) in [5.74, 6) is -0.170. The molecule has 0 bridgehead atoms. The van der Waals surface area contributed by atoms with Gasteiger partial charge >= 0.3 is 0 Å². The molecule has 2 aromatic carbocycles. The van der Waals surface area contributed by atoms with Gasteiger partial charge in [-0.1, -0.05) is 49.2 Å². The molecule has 2 atom stereocenters. The molecule has 0 spiro atoms. The Kier molecular flexibility index (Phi) is 9.52. The molecule has 2 unspecified atom stereocenters. The number of aromatic amines is 2. The van der Waals surface area contributed by atoms with Crippen LogP contribution < -0.4 is 16.1 Å². The molecule has 0 saturated carbocycles. The lowest BCUT2D eigenvalue weighted by Crippen LogP contribution is -2.43. The summed E-state index contributed by atoms with van der Waals surface area (Å²) in [4.78, 5) is 19.3. The topological polar surface area (TPSA) is 123 Å². The largest absolute Gasteiger partial charge is 0.379 e. The number of benzene rings is 2. The monoisotopic (exact) mass is 573 g/mol. The van der Waals surface area contributed by atoms with Gasteiger partial charge in [0.2, 0.25) is 5.91 Å². The fourth-order valence-corrected chi connectivity index (χ4v) is 6.85. The fraction of sp³-hybridized carbons (Fsp3) is 0.485. The van der Waals surface area contributed by atoms with Crippen molar-refractivity contribution in [1.29, 1.82) is 0 Å². The van der Waals surface area contributed by atoms with Crippen molar-refractivity contribution in [3.63, 3.8) is 0 Å². The molecule has 224 valence electrons. The number of ether oxygens (including phenoxy) is 2. The molecule has 2 aliphatic rings. The van der Waals surface area contributed by atoms with Crippen LogP contribution in [-0.4, -0.2) is 72.7 Å². The van der Waals surface area contributed by atoms with E-state index in [9.17, 15) is 4.79 Å². The minimum atomic E-state index is -0.325. The van der Waals surface area contributed by atoms with E-state index in [0.717, 1.165) is 75.9 Å². The van der Waals surface area contributed by atoms with Crippen molar-refractivity contribution >= 4 is 27.7 Å². The van der Waals surface area contributed by atoms with E-state index in [0.29, 0.717) is 19.6 Å². The summed E-state index contributed by atoms with van der Waals surface area (Å²) in [5.41, 5.74) is 9.34. The first kappa shape index (κ1) is 28.9. The molecule has 9 heteroatoms. The zero-order chi connectivity index (χ0) is 28.7. The third-order valence-electron chi connectivity index (χ3n) is 8.77. The van der Waals surface area contributed by atoms with Crippen molar-refractivity contribution in [2.75, 3.05) is 39.5 Å². The van der Waals surface area contributed by atoms with Gasteiger partial charge in [0, 0.05) is 83.5 Å². The second-order valence-electron chi connectivity index (χ2n) is 11.7. The Hall–Kier alpha value is -3.21. The van der Waals surface area contributed by atoms with Crippen LogP contribution in [-0.2, 0) is 27.1 Å². The minimum absolute atomic E-state index is 0.156. The molecule has 0 aliphatic carbocycles. The SMILES string of the molecule is O=C(CCCCCC(c1c(CC2COCCN2)[nH]c2ccccc12)c1c(CC2COCCN2)[nH]c2ccccc12)NO. The van der Waals surface area contributed by atoms with Crippen LogP contribution >= 0.6 is 0 Å². The van der Waals surface area contributed by atoms with E-state index in [4.69, 9.17) is 14.7 Å². The predicted molar refractivity (Wildman–Crippen MR) is 164 cm³/mol. The van der Waals surface area contributed by atoms with Crippen molar-refractivity contribution < 1.29 is 19.5 Å². The number of carbonyl (C=O) groups is 1. The first-order valence-electron chi connectivity index (χ1n) is 15.5. The molecule has 0 radical (unpaired) electrons. The Morgan fingerprint density at radius 2 is 1.36 bits per heavy atom. The van der Waals surface area contributed by atoms with Crippen LogP contribution in [0.25, 0.3) is 21.8 Å². The van der Waals surface area contributed by atoms with E-state index in [-0.39, 0.29) is 23.9 Å². The van der Waals surface area contributed by atoms with Gasteiger partial charge in [-0.15, -0.1) is 0 Å². The predicted octanol–water partition coefficient (Wildman–Crippen LogP) is 4.30. The minimum Gasteiger partial charge on any atom is -0.379 e. The summed E-state index contributed by atoms with van der Waals surface area (Å²) >= 11 is 0. The maximum absolute atomic E-state index is 11.6. The highest BCUT2D eigenvalue weighted by atomic mass is 16.5. The summed E-state index contributed by atoms with van der Waals surface area (Å²) in [6.07, 6.45) is 5.64. The molecule has 1 amide bonds. The second kappa shape index (κ2) is 13.8. The van der Waals surface area contributed by atoms with E-state index in [2.05, 4.69) is 69.1 Å². The lowest BCUT2D eigenvalue weighted by molar-refractivity contribution is -0.129. The van der Waals surface area contributed by atoms with Crippen LogP contribution in [0, 0.1) is 0 Å². The number of para-hydroxylation sites is 2. The molecule has 2 saturated heterocycles. The van der Waals surface area contributed by atoms with Gasteiger partial charge in [0.15, 0.2) is 0 Å². The van der Waals surface area contributed by atoms with Crippen LogP contribution in [0.2, 0.25) is 0 Å². The van der Waals surface area contributed by atoms with Crippen LogP contribution in [0.3, 0.4) is 0 Å². The van der Waals surface area contributed by atoms with E-state index in [1.54, 1.807) is 5.48 Å². The Morgan fingerprint density at radius 3 is 1.86 bits per heavy atom. The average molecular weight is 574 g/mol. The number of nitrogens with one attached hydrogen (secondary N) is 5. The first-order valence-corrected chi connectivity index (χ1v) is 15.5. The quantitative estimate of drug-likeness (QED) is 0.0854. The van der Waals surface area contributed by atoms with Crippen molar-refractivity contribution in [2.45, 2.75) is 62.9 Å². The van der Waals surface area contributed by atoms with Gasteiger partial charge in [-0.25, -0.2) is 5.48 Å². The van der Waals surface area contributed by atoms with Gasteiger partial charge in [0.25, 0.3) is 0 Å². The molecule has 6 N–H and O–H groups in total. The maximum atomic E-state index is 11.6. The zero-order valence-corrected chi connectivity index (χ0v) is 24.2. The molecule has 2 aliphatic heterocycles. The zero-order valence-electron chi connectivity index (χ0n) is 24.2. The third-order valence-corrected chi connectivity index (χ3v) is 8.77. The van der Waals surface area contributed by atoms with E-state index in [1.807, 2.05) is 0 Å². The third kappa shape index (κ3) is 6.55. The normalized spacial score (nSPS) is 20.2. The highest BCUT2D eigenvalue weighted by molar-refractivity contribution is 5.90. The van der Waals surface area contributed by atoms with Crippen LogP contribution in [0.1, 0.15) is 60.5 Å². The summed E-state index contributed by atoms with van der Waals surface area (Å²) in [6.45, 7) is 4.66. The van der Waals surface area contributed by atoms with Crippen molar-refractivity contribution in [1.82, 2.24) is 26.1 Å². The highest BCUT2D eigenvalue weighted by Gasteiger charge is 2.30. The lowest BCUT2D eigenvalue weighted by atomic mass is 9.81. The number of hydrogen-bond acceptors (Lipinski definition) is 6. The second-order valence-corrected chi connectivity index (χ2v) is 11.7. The van der Waals surface area contributed by atoms with E-state index in [1.165, 1.54) is 33.3 Å². The Bertz CT molecular complexity index is 1370. The van der Waals surface area contributed by atoms with Gasteiger partial charge in [0.1, 0.15) is 0 Å². The number of hydroxylamine groups is 1. The molecule has 9 nitrogen and oxygen atoms in total. The highest BCUT2D eigenvalue weighted by Crippen LogP contribution is 2.42. The number of carbonyl (C=O) groups excluding carboxylic acids is 1. The van der Waals surface area contributed by atoms with E-state index < -0.39 is 0 Å². The Labute approximate surface area is 246 Å². The van der Waals surface area contributed by atoms with Gasteiger partial charge in [0.05, 0.1) is 26.4 Å². The number of hydrogen-bond donors (Lipinski definition) is 6. The van der Waals surface area contributed by atoms with Crippen LogP contribution in [0.15, 0.2) is 48.5 Å². The number of amides is 1. The molecular weight excluding hydrogens is 530 g/mol. The molecule has 6 rings (SSSR count). The first-order chi connectivity index (χ1) is 20.7. The summed E-state index contributed by atoms with van der Waals surface area (Å²) in [6, 6.07) is 17.8. The Morgan fingerprint density at radius 1 is 0.810 bits per heavy atom. The summed E-state index contributed by atoms with van der Waals surface area (Å²) in [7, 11) is 0. The Balaban J connectivity index is 1.42. The molecule has 2 fully saturated rings. The molecule has 42 heavy (non-hydrogen) atoms. The standard InChI is InChI=1S/C33H43N5O4/c39-31(38-40)13-3-1-2-10-26(32-24-8-4-6-11-27(24)36-29(32)18-22-20-41-16-14-34-22)33-25-9-5-7-12-28(25)37-30(33)19-23-21-42-17-15-35-23/h4-9,11-12,22-23,26,34-37,40H,1-3,10,13-21H2,(H,38,39). The maximum Gasteiger partial charge on any atom is 0.243 e. The molecular formula is C33H43N5O4. The van der Waals surface area contributed by atoms with Crippen molar-refractivity contribution in [2.24, 2.45) is 0 Å². The lowest BCUT2D eigenvalue weighted by Gasteiger charge is -2.27. The van der Waals surface area contributed by atoms with Gasteiger partial charge in [-0.2, -0.15) is 0 Å².